The van der Waals surface area contributed by atoms with E-state index in [2.05, 4.69) is 10.3 Å². The van der Waals surface area contributed by atoms with E-state index in [0.717, 1.165) is 35.8 Å². The molecule has 0 atom stereocenters. The summed E-state index contributed by atoms with van der Waals surface area (Å²) in [5.41, 5.74) is -0.0469. The zero-order valence-electron chi connectivity index (χ0n) is 16.1. The average Bonchev–Trinajstić information content (AvgIpc) is 3.16. The van der Waals surface area contributed by atoms with Crippen LogP contribution in [0, 0.1) is 0 Å². The van der Waals surface area contributed by atoms with Gasteiger partial charge in [-0.2, -0.15) is 0 Å². The molecule has 0 radical (unpaired) electrons. The van der Waals surface area contributed by atoms with E-state index in [1.165, 1.54) is 4.57 Å². The van der Waals surface area contributed by atoms with E-state index >= 15 is 0 Å². The molecule has 0 spiro atoms. The minimum Gasteiger partial charge on any atom is -0.493 e. The van der Waals surface area contributed by atoms with Crippen LogP contribution in [0.5, 0.6) is 5.75 Å². The van der Waals surface area contributed by atoms with Crippen molar-refractivity contribution in [2.75, 3.05) is 6.61 Å². The molecule has 0 bridgehead atoms. The number of hydrogen-bond donors (Lipinski definition) is 1. The second-order valence-corrected chi connectivity index (χ2v) is 6.88. The maximum absolute atomic E-state index is 13.1. The van der Waals surface area contributed by atoms with Gasteiger partial charge in [-0.15, -0.1) is 0 Å². The fourth-order valence-electron chi connectivity index (χ4n) is 3.65. The van der Waals surface area contributed by atoms with Gasteiger partial charge in [0.25, 0.3) is 5.56 Å². The Morgan fingerprint density at radius 2 is 2.00 bits per heavy atom. The second-order valence-electron chi connectivity index (χ2n) is 6.88. The molecule has 146 valence electrons. The van der Waals surface area contributed by atoms with Gasteiger partial charge in [0.05, 0.1) is 6.61 Å². The Morgan fingerprint density at radius 1 is 1.30 bits per heavy atom. The van der Waals surface area contributed by atoms with Crippen LogP contribution in [-0.2, 0) is 24.8 Å². The molecule has 2 aromatic heterocycles. The lowest BCUT2D eigenvalue weighted by Crippen LogP contribution is -2.45. The summed E-state index contributed by atoms with van der Waals surface area (Å²) in [5.74, 6) is 0.119. The molecule has 2 heterocycles. The number of nitrogens with zero attached hydrogens (tertiary/aromatic N) is 3. The van der Waals surface area contributed by atoms with E-state index in [0.29, 0.717) is 18.8 Å². The third-order valence-corrected chi connectivity index (χ3v) is 5.07. The van der Waals surface area contributed by atoms with Crippen LogP contribution >= 0.6 is 0 Å². The molecular weight excluding hydrogens is 348 g/mol. The van der Waals surface area contributed by atoms with Gasteiger partial charge in [-0.1, -0.05) is 19.8 Å². The highest BCUT2D eigenvalue weighted by molar-refractivity contribution is 5.83. The molecule has 0 aromatic carbocycles. The smallest absolute Gasteiger partial charge is 0.332 e. The lowest BCUT2D eigenvalue weighted by molar-refractivity contribution is -0.122. The molecule has 0 aliphatic heterocycles. The van der Waals surface area contributed by atoms with Gasteiger partial charge in [0, 0.05) is 24.8 Å². The van der Waals surface area contributed by atoms with E-state index in [1.54, 1.807) is 13.2 Å². The third-order valence-electron chi connectivity index (χ3n) is 5.07. The molecule has 1 aliphatic rings. The normalized spacial score (nSPS) is 14.6. The van der Waals surface area contributed by atoms with E-state index in [-0.39, 0.29) is 29.5 Å². The van der Waals surface area contributed by atoms with Crippen molar-refractivity contribution in [1.82, 2.24) is 19.4 Å². The van der Waals surface area contributed by atoms with E-state index in [4.69, 9.17) is 4.74 Å². The van der Waals surface area contributed by atoms with Gasteiger partial charge in [-0.05, 0) is 26.2 Å². The van der Waals surface area contributed by atoms with Crippen LogP contribution in [0.3, 0.4) is 0 Å². The standard InChI is InChI=1S/C19H26N4O4/c1-4-12-10-20-17-15(16(12)27-5-2)18(25)23(19(26)22(17)3)11-14(24)21-13-8-6-7-9-13/h10,13H,4-9,11H2,1-3H3,(H,21,24). The Hall–Kier alpha value is -2.64. The topological polar surface area (TPSA) is 95.2 Å². The van der Waals surface area contributed by atoms with Crippen molar-refractivity contribution in [2.24, 2.45) is 7.05 Å². The molecular formula is C19H26N4O4. The van der Waals surface area contributed by atoms with Gasteiger partial charge in [0.15, 0.2) is 5.65 Å². The summed E-state index contributed by atoms with van der Waals surface area (Å²) in [6.07, 6.45) is 6.33. The van der Waals surface area contributed by atoms with Crippen LogP contribution < -0.4 is 21.3 Å². The minimum atomic E-state index is -0.562. The average molecular weight is 374 g/mol. The van der Waals surface area contributed by atoms with Crippen molar-refractivity contribution in [3.63, 3.8) is 0 Å². The Bertz CT molecular complexity index is 970. The molecule has 1 amide bonds. The van der Waals surface area contributed by atoms with Crippen molar-refractivity contribution in [3.8, 4) is 5.75 Å². The van der Waals surface area contributed by atoms with Crippen molar-refractivity contribution < 1.29 is 9.53 Å². The van der Waals surface area contributed by atoms with E-state index in [1.807, 2.05) is 13.8 Å². The number of hydrogen-bond acceptors (Lipinski definition) is 5. The Kier molecular flexibility index (Phi) is 5.62. The number of pyridine rings is 1. The van der Waals surface area contributed by atoms with Crippen LogP contribution in [0.4, 0.5) is 0 Å². The van der Waals surface area contributed by atoms with Crippen LogP contribution in [0.25, 0.3) is 11.0 Å². The highest BCUT2D eigenvalue weighted by Gasteiger charge is 2.22. The largest absolute Gasteiger partial charge is 0.493 e. The Labute approximate surface area is 157 Å². The predicted octanol–water partition coefficient (Wildman–Crippen LogP) is 1.12. The molecule has 1 aliphatic carbocycles. The second kappa shape index (κ2) is 7.94. The summed E-state index contributed by atoms with van der Waals surface area (Å²) in [6.45, 7) is 3.86. The number of carbonyl (C=O) groups excluding carboxylic acids is 1. The van der Waals surface area contributed by atoms with Crippen LogP contribution in [0.2, 0.25) is 0 Å². The molecule has 1 saturated carbocycles. The van der Waals surface area contributed by atoms with Gasteiger partial charge in [0.2, 0.25) is 5.91 Å². The van der Waals surface area contributed by atoms with Gasteiger partial charge in [-0.3, -0.25) is 14.2 Å². The maximum Gasteiger partial charge on any atom is 0.332 e. The lowest BCUT2D eigenvalue weighted by atomic mass is 10.1. The molecule has 1 N–H and O–H groups in total. The van der Waals surface area contributed by atoms with Crippen molar-refractivity contribution >= 4 is 16.9 Å². The van der Waals surface area contributed by atoms with E-state index in [9.17, 15) is 14.4 Å². The number of ether oxygens (including phenoxy) is 1. The highest BCUT2D eigenvalue weighted by atomic mass is 16.5. The number of nitrogens with one attached hydrogen (secondary N) is 1. The number of aromatic nitrogens is 3. The fourth-order valence-corrected chi connectivity index (χ4v) is 3.65. The van der Waals surface area contributed by atoms with Gasteiger partial charge >= 0.3 is 5.69 Å². The quantitative estimate of drug-likeness (QED) is 0.817. The summed E-state index contributed by atoms with van der Waals surface area (Å²) >= 11 is 0. The number of carbonyl (C=O) groups is 1. The summed E-state index contributed by atoms with van der Waals surface area (Å²) in [6, 6.07) is 0.129. The first-order valence-corrected chi connectivity index (χ1v) is 9.51. The van der Waals surface area contributed by atoms with Gasteiger partial charge in [-0.25, -0.2) is 14.3 Å². The molecule has 0 unspecified atom stereocenters. The minimum absolute atomic E-state index is 0.129. The van der Waals surface area contributed by atoms with Crippen molar-refractivity contribution in [2.45, 2.75) is 58.5 Å². The number of rotatable bonds is 6. The monoisotopic (exact) mass is 374 g/mol. The molecule has 3 rings (SSSR count). The molecule has 1 fully saturated rings. The summed E-state index contributed by atoms with van der Waals surface area (Å²) in [7, 11) is 1.55. The SMILES string of the molecule is CCOc1c(CC)cnc2c1c(=O)n(CC(=O)NC1CCCC1)c(=O)n2C. The van der Waals surface area contributed by atoms with Crippen molar-refractivity contribution in [1.29, 1.82) is 0 Å². The van der Waals surface area contributed by atoms with Crippen LogP contribution in [0.1, 0.15) is 45.1 Å². The Balaban J connectivity index is 2.09. The van der Waals surface area contributed by atoms with Crippen LogP contribution in [0.15, 0.2) is 15.8 Å². The number of fused-ring (bicyclic) bond motifs is 1. The first-order chi connectivity index (χ1) is 13.0. The molecule has 8 heteroatoms. The molecule has 0 saturated heterocycles. The fraction of sp³-hybridized carbons (Fsp3) is 0.579. The molecule has 8 nitrogen and oxygen atoms in total. The highest BCUT2D eigenvalue weighted by Crippen LogP contribution is 2.25. The zero-order chi connectivity index (χ0) is 19.6. The first kappa shape index (κ1) is 19.1. The predicted molar refractivity (Wildman–Crippen MR) is 102 cm³/mol. The van der Waals surface area contributed by atoms with Gasteiger partial charge < -0.3 is 10.1 Å². The van der Waals surface area contributed by atoms with Gasteiger partial charge in [0.1, 0.15) is 17.7 Å². The van der Waals surface area contributed by atoms with E-state index < -0.39 is 11.2 Å². The van der Waals surface area contributed by atoms with Crippen molar-refractivity contribution in [3.05, 3.63) is 32.6 Å². The lowest BCUT2D eigenvalue weighted by Gasteiger charge is -2.16. The third kappa shape index (κ3) is 3.61. The van der Waals surface area contributed by atoms with Crippen LogP contribution in [-0.4, -0.2) is 32.7 Å². The summed E-state index contributed by atoms with van der Waals surface area (Å²) in [4.78, 5) is 42.4. The number of aryl methyl sites for hydroxylation is 2. The first-order valence-electron chi connectivity index (χ1n) is 9.51. The Morgan fingerprint density at radius 3 is 2.63 bits per heavy atom. The molecule has 2 aromatic rings. The summed E-state index contributed by atoms with van der Waals surface area (Å²) < 4.78 is 7.98. The maximum atomic E-state index is 13.1. The zero-order valence-corrected chi connectivity index (χ0v) is 16.1. The summed E-state index contributed by atoms with van der Waals surface area (Å²) in [5, 5.41) is 3.16. The number of amides is 1. The molecule has 27 heavy (non-hydrogen) atoms.